The van der Waals surface area contributed by atoms with Gasteiger partial charge in [-0.25, -0.2) is 4.79 Å². The third-order valence-corrected chi connectivity index (χ3v) is 4.51. The number of thiocarbonyl (C=S) groups is 1. The highest BCUT2D eigenvalue weighted by molar-refractivity contribution is 7.80. The molecule has 0 aromatic heterocycles. The monoisotopic (exact) mass is 393 g/mol. The summed E-state index contributed by atoms with van der Waals surface area (Å²) in [5.74, 6) is -1.23. The molecule has 1 saturated heterocycles. The van der Waals surface area contributed by atoms with Gasteiger partial charge in [-0.05, 0) is 12.1 Å². The van der Waals surface area contributed by atoms with Crippen molar-refractivity contribution in [3.05, 3.63) is 23.3 Å². The summed E-state index contributed by atoms with van der Waals surface area (Å²) >= 11 is 5.29. The molecule has 0 amide bonds. The molecule has 1 fully saturated rings. The van der Waals surface area contributed by atoms with Gasteiger partial charge in [0.25, 0.3) is 0 Å². The minimum Gasteiger partial charge on any atom is -0.493 e. The Labute approximate surface area is 153 Å². The van der Waals surface area contributed by atoms with E-state index in [4.69, 9.17) is 21.7 Å². The van der Waals surface area contributed by atoms with Gasteiger partial charge in [-0.3, -0.25) is 0 Å². The van der Waals surface area contributed by atoms with E-state index in [-0.39, 0.29) is 29.3 Å². The molecule has 1 aliphatic rings. The molecule has 1 aliphatic heterocycles. The Morgan fingerprint density at radius 3 is 2.42 bits per heavy atom. The molecular formula is C16H18F3NO5S. The van der Waals surface area contributed by atoms with Gasteiger partial charge in [0.15, 0.2) is 11.5 Å². The smallest absolute Gasteiger partial charge is 0.420 e. The quantitative estimate of drug-likeness (QED) is 0.620. The number of aliphatic hydroxyl groups excluding tert-OH is 1. The average Bonchev–Trinajstić information content (AvgIpc) is 2.99. The molecule has 26 heavy (non-hydrogen) atoms. The van der Waals surface area contributed by atoms with Crippen molar-refractivity contribution in [2.45, 2.75) is 24.7 Å². The highest BCUT2D eigenvalue weighted by Crippen LogP contribution is 2.43. The lowest BCUT2D eigenvalue weighted by Gasteiger charge is -2.26. The maximum absolute atomic E-state index is 13.4. The van der Waals surface area contributed by atoms with Crippen LogP contribution in [0, 0.1) is 0 Å². The normalized spacial score (nSPS) is 20.0. The van der Waals surface area contributed by atoms with Crippen LogP contribution >= 0.6 is 12.2 Å². The van der Waals surface area contributed by atoms with Gasteiger partial charge < -0.3 is 24.2 Å². The van der Waals surface area contributed by atoms with Gasteiger partial charge in [0.05, 0.1) is 27.4 Å². The number of benzene rings is 1. The number of likely N-dealkylation sites (tertiary alicyclic amines) is 1. The number of halogens is 3. The van der Waals surface area contributed by atoms with E-state index < -0.39 is 35.6 Å². The van der Waals surface area contributed by atoms with Gasteiger partial charge in [-0.15, -0.1) is 0 Å². The van der Waals surface area contributed by atoms with E-state index in [0.717, 1.165) is 13.2 Å². The maximum atomic E-state index is 13.4. The Balaban J connectivity index is 2.50. The fourth-order valence-corrected chi connectivity index (χ4v) is 3.18. The van der Waals surface area contributed by atoms with E-state index in [0.29, 0.717) is 0 Å². The van der Waals surface area contributed by atoms with Crippen molar-refractivity contribution in [1.82, 2.24) is 4.90 Å². The Kier molecular flexibility index (Phi) is 5.97. The molecule has 144 valence electrons. The van der Waals surface area contributed by atoms with Crippen LogP contribution in [-0.4, -0.2) is 61.0 Å². The predicted octanol–water partition coefficient (Wildman–Crippen LogP) is 2.01. The molecule has 0 spiro atoms. The first-order chi connectivity index (χ1) is 12.1. The second kappa shape index (κ2) is 7.67. The number of β-amino-alcohol motifs (C(OH)–C–C–N with tert-alkyl or cyclic N) is 1. The number of carbonyl (C=O) groups excluding carboxylic acids is 1. The molecule has 0 bridgehead atoms. The minimum absolute atomic E-state index is 0.00823. The second-order valence-electron chi connectivity index (χ2n) is 5.64. The molecule has 0 radical (unpaired) electrons. The third kappa shape index (κ3) is 3.85. The first-order valence-electron chi connectivity index (χ1n) is 7.54. The molecule has 2 rings (SSSR count). The zero-order chi connectivity index (χ0) is 19.6. The lowest BCUT2D eigenvalue weighted by atomic mass is 10.1. The van der Waals surface area contributed by atoms with Crippen LogP contribution < -0.4 is 9.47 Å². The zero-order valence-corrected chi connectivity index (χ0v) is 15.1. The number of methoxy groups -OCH3 is 3. The van der Waals surface area contributed by atoms with E-state index in [1.165, 1.54) is 25.2 Å². The number of hydrogen-bond acceptors (Lipinski definition) is 6. The molecule has 1 heterocycles. The fourth-order valence-electron chi connectivity index (χ4n) is 2.86. The lowest BCUT2D eigenvalue weighted by molar-refractivity contribution is -0.144. The van der Waals surface area contributed by atoms with Crippen molar-refractivity contribution in [3.8, 4) is 11.5 Å². The number of hydrogen-bond donors (Lipinski definition) is 1. The minimum atomic E-state index is -4.70. The number of ether oxygens (including phenoxy) is 3. The van der Waals surface area contributed by atoms with Crippen LogP contribution in [0.3, 0.4) is 0 Å². The molecule has 0 aliphatic carbocycles. The Bertz CT molecular complexity index is 710. The van der Waals surface area contributed by atoms with Crippen LogP contribution in [0.15, 0.2) is 12.1 Å². The number of aliphatic hydroxyl groups is 1. The standard InChI is InChI=1S/C16H18F3NO5S/c1-23-12-5-8(4-10(13(12)24-2)16(17,18)19)14(26)20-7-9(21)6-11(20)15(22)25-3/h4-5,9,11,21H,6-7H2,1-3H3/t9-,11+/m0/s1. The zero-order valence-electron chi connectivity index (χ0n) is 14.3. The summed E-state index contributed by atoms with van der Waals surface area (Å²) in [6.45, 7) is 0.00823. The van der Waals surface area contributed by atoms with Gasteiger partial charge in [0.1, 0.15) is 16.6 Å². The molecule has 2 atom stereocenters. The van der Waals surface area contributed by atoms with Crippen molar-refractivity contribution in [1.29, 1.82) is 0 Å². The molecule has 6 nitrogen and oxygen atoms in total. The van der Waals surface area contributed by atoms with Crippen LogP contribution in [0.1, 0.15) is 17.5 Å². The predicted molar refractivity (Wildman–Crippen MR) is 89.4 cm³/mol. The lowest BCUT2D eigenvalue weighted by Crippen LogP contribution is -2.40. The summed E-state index contributed by atoms with van der Waals surface area (Å²) in [5.41, 5.74) is -1.03. The first-order valence-corrected chi connectivity index (χ1v) is 7.94. The van der Waals surface area contributed by atoms with Crippen LogP contribution in [-0.2, 0) is 15.7 Å². The Hall–Kier alpha value is -2.07. The third-order valence-electron chi connectivity index (χ3n) is 4.04. The van der Waals surface area contributed by atoms with Crippen molar-refractivity contribution in [2.24, 2.45) is 0 Å². The largest absolute Gasteiger partial charge is 0.493 e. The molecule has 1 aromatic rings. The summed E-state index contributed by atoms with van der Waals surface area (Å²) in [4.78, 5) is 13.2. The molecule has 10 heteroatoms. The van der Waals surface area contributed by atoms with Gasteiger partial charge in [0.2, 0.25) is 0 Å². The maximum Gasteiger partial charge on any atom is 0.420 e. The number of esters is 1. The van der Waals surface area contributed by atoms with Crippen molar-refractivity contribution >= 4 is 23.2 Å². The van der Waals surface area contributed by atoms with Crippen LogP contribution in [0.2, 0.25) is 0 Å². The fraction of sp³-hybridized carbons (Fsp3) is 0.500. The van der Waals surface area contributed by atoms with Crippen molar-refractivity contribution in [2.75, 3.05) is 27.9 Å². The van der Waals surface area contributed by atoms with Gasteiger partial charge in [-0.1, -0.05) is 12.2 Å². The summed E-state index contributed by atoms with van der Waals surface area (Å²) in [7, 11) is 3.50. The summed E-state index contributed by atoms with van der Waals surface area (Å²) < 4.78 is 54.7. The SMILES string of the molecule is COC(=O)[C@H]1C[C@H](O)CN1C(=S)c1cc(OC)c(OC)c(C(F)(F)F)c1. The van der Waals surface area contributed by atoms with Crippen molar-refractivity contribution in [3.63, 3.8) is 0 Å². The van der Waals surface area contributed by atoms with Gasteiger partial charge in [-0.2, -0.15) is 13.2 Å². The molecule has 1 aromatic carbocycles. The highest BCUT2D eigenvalue weighted by Gasteiger charge is 2.40. The van der Waals surface area contributed by atoms with E-state index in [1.807, 2.05) is 0 Å². The highest BCUT2D eigenvalue weighted by atomic mass is 32.1. The molecular weight excluding hydrogens is 375 g/mol. The molecule has 1 N–H and O–H groups in total. The van der Waals surface area contributed by atoms with Crippen LogP contribution in [0.4, 0.5) is 13.2 Å². The molecule has 0 unspecified atom stereocenters. The summed E-state index contributed by atoms with van der Waals surface area (Å²) in [6.07, 6.45) is -5.47. The van der Waals surface area contributed by atoms with E-state index in [1.54, 1.807) is 0 Å². The molecule has 0 saturated carbocycles. The van der Waals surface area contributed by atoms with E-state index in [2.05, 4.69) is 4.74 Å². The number of rotatable bonds is 4. The number of nitrogens with zero attached hydrogens (tertiary/aromatic N) is 1. The topological polar surface area (TPSA) is 68.2 Å². The number of alkyl halides is 3. The van der Waals surface area contributed by atoms with Gasteiger partial charge >= 0.3 is 12.1 Å². The Morgan fingerprint density at radius 1 is 1.27 bits per heavy atom. The summed E-state index contributed by atoms with van der Waals surface area (Å²) in [6, 6.07) is 1.27. The first kappa shape index (κ1) is 20.2. The second-order valence-corrected chi connectivity index (χ2v) is 6.03. The van der Waals surface area contributed by atoms with E-state index >= 15 is 0 Å². The average molecular weight is 393 g/mol. The van der Waals surface area contributed by atoms with E-state index in [9.17, 15) is 23.1 Å². The van der Waals surface area contributed by atoms with Crippen molar-refractivity contribution < 1.29 is 37.3 Å². The van der Waals surface area contributed by atoms with Gasteiger partial charge in [0, 0.05) is 18.5 Å². The number of carbonyl (C=O) groups is 1. The van der Waals surface area contributed by atoms with Crippen LogP contribution in [0.5, 0.6) is 11.5 Å². The Morgan fingerprint density at radius 2 is 1.92 bits per heavy atom. The van der Waals surface area contributed by atoms with Crippen LogP contribution in [0.25, 0.3) is 0 Å². The summed E-state index contributed by atoms with van der Waals surface area (Å²) in [5, 5.41) is 9.84.